The van der Waals surface area contributed by atoms with Gasteiger partial charge in [0.05, 0.1) is 24.7 Å². The van der Waals surface area contributed by atoms with Crippen molar-refractivity contribution in [3.05, 3.63) is 53.6 Å². The molecule has 2 heterocycles. The highest BCUT2D eigenvalue weighted by Crippen LogP contribution is 2.26. The van der Waals surface area contributed by atoms with Crippen molar-refractivity contribution in [2.45, 2.75) is 32.4 Å². The molecule has 0 radical (unpaired) electrons. The average molecular weight is 285 g/mol. The lowest BCUT2D eigenvalue weighted by Crippen LogP contribution is -2.24. The largest absolute Gasteiger partial charge is 0.381 e. The van der Waals surface area contributed by atoms with Gasteiger partial charge in [0.25, 0.3) is 0 Å². The van der Waals surface area contributed by atoms with Gasteiger partial charge in [-0.2, -0.15) is 0 Å². The third-order valence-corrected chi connectivity index (χ3v) is 4.44. The van der Waals surface area contributed by atoms with Crippen LogP contribution in [0.1, 0.15) is 29.3 Å². The van der Waals surface area contributed by atoms with Crippen LogP contribution in [0.25, 0.3) is 0 Å². The Hall–Kier alpha value is -1.65. The molecule has 0 amide bonds. The Labute approximate surface area is 125 Å². The van der Waals surface area contributed by atoms with Crippen LogP contribution in [0.3, 0.4) is 0 Å². The number of aryl methyl sites for hydroxylation is 3. The molecule has 4 nitrogen and oxygen atoms in total. The molecule has 0 aliphatic carbocycles. The number of hydrogen-bond donors (Lipinski definition) is 1. The second-order valence-electron chi connectivity index (χ2n) is 5.84. The summed E-state index contributed by atoms with van der Waals surface area (Å²) in [5.41, 5.74) is 10.3. The number of hydrogen-bond acceptors (Lipinski definition) is 3. The topological polar surface area (TPSA) is 53.1 Å². The fraction of sp³-hybridized carbons (Fsp3) is 0.471. The summed E-state index contributed by atoms with van der Waals surface area (Å²) in [6.45, 7) is 4.67. The van der Waals surface area contributed by atoms with Gasteiger partial charge in [0, 0.05) is 25.3 Å². The number of aromatic nitrogens is 2. The molecule has 0 spiro atoms. The first-order valence-corrected chi connectivity index (χ1v) is 7.63. The van der Waals surface area contributed by atoms with E-state index in [4.69, 9.17) is 10.5 Å². The van der Waals surface area contributed by atoms with Crippen LogP contribution >= 0.6 is 0 Å². The first-order chi connectivity index (χ1) is 10.3. The molecule has 2 N–H and O–H groups in total. The second-order valence-corrected chi connectivity index (χ2v) is 5.84. The van der Waals surface area contributed by atoms with Crippen LogP contribution in [-0.2, 0) is 17.7 Å². The van der Waals surface area contributed by atoms with E-state index in [0.717, 1.165) is 38.3 Å². The average Bonchev–Trinajstić information content (AvgIpc) is 3.17. The summed E-state index contributed by atoms with van der Waals surface area (Å²) in [6.07, 6.45) is 5.85. The molecule has 1 fully saturated rings. The zero-order valence-electron chi connectivity index (χ0n) is 12.5. The fourth-order valence-electron chi connectivity index (χ4n) is 3.00. The van der Waals surface area contributed by atoms with Crippen LogP contribution in [-0.4, -0.2) is 22.8 Å². The monoisotopic (exact) mass is 285 g/mol. The van der Waals surface area contributed by atoms with Crippen molar-refractivity contribution < 1.29 is 4.74 Å². The molecule has 2 atom stereocenters. The van der Waals surface area contributed by atoms with Crippen molar-refractivity contribution in [3.63, 3.8) is 0 Å². The van der Waals surface area contributed by atoms with Gasteiger partial charge in [-0.25, -0.2) is 4.98 Å². The highest BCUT2D eigenvalue weighted by Gasteiger charge is 2.26. The Morgan fingerprint density at radius 2 is 2.29 bits per heavy atom. The number of nitrogens with two attached hydrogens (primary N) is 1. The van der Waals surface area contributed by atoms with E-state index >= 15 is 0 Å². The smallest absolute Gasteiger partial charge is 0.0948 e. The standard InChI is InChI=1S/C17H23N3O/c1-13-4-2-3-5-14(13)6-8-20-12-19-10-16(20)17(18)15-7-9-21-11-15/h2-5,10,12,15,17H,6-9,11,18H2,1H3. The van der Waals surface area contributed by atoms with Gasteiger partial charge in [-0.1, -0.05) is 24.3 Å². The molecule has 3 rings (SSSR count). The fourth-order valence-corrected chi connectivity index (χ4v) is 3.00. The van der Waals surface area contributed by atoms with Crippen LogP contribution in [0.2, 0.25) is 0 Å². The van der Waals surface area contributed by atoms with E-state index in [2.05, 4.69) is 40.7 Å². The summed E-state index contributed by atoms with van der Waals surface area (Å²) in [6, 6.07) is 8.55. The number of ether oxygens (including phenoxy) is 1. The predicted molar refractivity (Wildman–Crippen MR) is 83.0 cm³/mol. The summed E-state index contributed by atoms with van der Waals surface area (Å²) < 4.78 is 7.64. The van der Waals surface area contributed by atoms with Gasteiger partial charge in [-0.3, -0.25) is 0 Å². The normalized spacial score (nSPS) is 19.8. The molecule has 21 heavy (non-hydrogen) atoms. The van der Waals surface area contributed by atoms with Crippen molar-refractivity contribution in [2.75, 3.05) is 13.2 Å². The summed E-state index contributed by atoms with van der Waals surface area (Å²) in [5.74, 6) is 0.416. The Morgan fingerprint density at radius 3 is 3.05 bits per heavy atom. The maximum absolute atomic E-state index is 6.40. The molecule has 112 valence electrons. The molecule has 2 unspecified atom stereocenters. The zero-order chi connectivity index (χ0) is 14.7. The minimum absolute atomic E-state index is 0.0203. The molecular formula is C17H23N3O. The van der Waals surface area contributed by atoms with Gasteiger partial charge in [0.1, 0.15) is 0 Å². The molecule has 1 aliphatic heterocycles. The van der Waals surface area contributed by atoms with E-state index in [1.165, 1.54) is 11.1 Å². The van der Waals surface area contributed by atoms with Crippen LogP contribution in [0.5, 0.6) is 0 Å². The maximum atomic E-state index is 6.40. The van der Waals surface area contributed by atoms with Crippen molar-refractivity contribution >= 4 is 0 Å². The van der Waals surface area contributed by atoms with E-state index in [0.29, 0.717) is 5.92 Å². The van der Waals surface area contributed by atoms with Crippen molar-refractivity contribution in [3.8, 4) is 0 Å². The van der Waals surface area contributed by atoms with Crippen LogP contribution < -0.4 is 5.73 Å². The molecule has 1 aromatic carbocycles. The van der Waals surface area contributed by atoms with Crippen molar-refractivity contribution in [1.29, 1.82) is 0 Å². The van der Waals surface area contributed by atoms with Gasteiger partial charge in [-0.05, 0) is 30.9 Å². The number of benzene rings is 1. The Kier molecular flexibility index (Phi) is 4.36. The Bertz CT molecular complexity index is 587. The number of rotatable bonds is 5. The van der Waals surface area contributed by atoms with E-state index in [9.17, 15) is 0 Å². The van der Waals surface area contributed by atoms with Gasteiger partial charge < -0.3 is 15.0 Å². The maximum Gasteiger partial charge on any atom is 0.0948 e. The van der Waals surface area contributed by atoms with E-state index < -0.39 is 0 Å². The lowest BCUT2D eigenvalue weighted by atomic mass is 9.97. The van der Waals surface area contributed by atoms with Crippen LogP contribution in [0.4, 0.5) is 0 Å². The third-order valence-electron chi connectivity index (χ3n) is 4.44. The minimum Gasteiger partial charge on any atom is -0.381 e. The lowest BCUT2D eigenvalue weighted by molar-refractivity contribution is 0.180. The first-order valence-electron chi connectivity index (χ1n) is 7.63. The van der Waals surface area contributed by atoms with Crippen LogP contribution in [0, 0.1) is 12.8 Å². The van der Waals surface area contributed by atoms with Crippen molar-refractivity contribution in [2.24, 2.45) is 11.7 Å². The first kappa shape index (κ1) is 14.3. The molecule has 0 bridgehead atoms. The zero-order valence-corrected chi connectivity index (χ0v) is 12.5. The van der Waals surface area contributed by atoms with E-state index in [-0.39, 0.29) is 6.04 Å². The van der Waals surface area contributed by atoms with Gasteiger partial charge >= 0.3 is 0 Å². The predicted octanol–water partition coefficient (Wildman–Crippen LogP) is 2.47. The van der Waals surface area contributed by atoms with Crippen molar-refractivity contribution in [1.82, 2.24) is 9.55 Å². The lowest BCUT2D eigenvalue weighted by Gasteiger charge is -2.19. The van der Waals surface area contributed by atoms with Gasteiger partial charge in [0.15, 0.2) is 0 Å². The highest BCUT2D eigenvalue weighted by atomic mass is 16.5. The van der Waals surface area contributed by atoms with E-state index in [1.54, 1.807) is 0 Å². The Balaban J connectivity index is 1.69. The summed E-state index contributed by atoms with van der Waals surface area (Å²) in [7, 11) is 0. The molecular weight excluding hydrogens is 262 g/mol. The number of nitrogens with zero attached hydrogens (tertiary/aromatic N) is 2. The highest BCUT2D eigenvalue weighted by molar-refractivity contribution is 5.25. The van der Waals surface area contributed by atoms with E-state index in [1.807, 2.05) is 12.5 Å². The van der Waals surface area contributed by atoms with Gasteiger partial charge in [-0.15, -0.1) is 0 Å². The minimum atomic E-state index is 0.0203. The molecule has 1 aliphatic rings. The molecule has 0 saturated carbocycles. The summed E-state index contributed by atoms with van der Waals surface area (Å²) >= 11 is 0. The SMILES string of the molecule is Cc1ccccc1CCn1cncc1C(N)C1CCOC1. The van der Waals surface area contributed by atoms with Gasteiger partial charge in [0.2, 0.25) is 0 Å². The molecule has 2 aromatic rings. The summed E-state index contributed by atoms with van der Waals surface area (Å²) in [5, 5.41) is 0. The Morgan fingerprint density at radius 1 is 1.43 bits per heavy atom. The third kappa shape index (κ3) is 3.17. The summed E-state index contributed by atoms with van der Waals surface area (Å²) in [4.78, 5) is 4.29. The molecule has 1 aromatic heterocycles. The van der Waals surface area contributed by atoms with Crippen LogP contribution in [0.15, 0.2) is 36.8 Å². The molecule has 4 heteroatoms. The second kappa shape index (κ2) is 6.41. The number of imidazole rings is 1. The molecule has 1 saturated heterocycles. The quantitative estimate of drug-likeness (QED) is 0.918.